The molecule has 2 aliphatic heterocycles. The standard InChI is InChI=1S/C14H26N2O2/c1-3-16(10-13-5-4-8-18-13)14(17)12-7-6-11(2)15-9-12/h11-13,15H,3-10H2,1-2H3. The van der Waals surface area contributed by atoms with E-state index in [1.807, 2.05) is 4.90 Å². The number of carbonyl (C=O) groups is 1. The maximum atomic E-state index is 12.5. The minimum absolute atomic E-state index is 0.169. The van der Waals surface area contributed by atoms with Crippen LogP contribution in [0, 0.1) is 5.92 Å². The summed E-state index contributed by atoms with van der Waals surface area (Å²) in [6.45, 7) is 7.52. The van der Waals surface area contributed by atoms with Gasteiger partial charge >= 0.3 is 0 Å². The Morgan fingerprint density at radius 1 is 1.39 bits per heavy atom. The number of hydrogen-bond acceptors (Lipinski definition) is 3. The molecule has 3 unspecified atom stereocenters. The largest absolute Gasteiger partial charge is 0.376 e. The number of ether oxygens (including phenoxy) is 1. The number of amides is 1. The first-order valence-corrected chi connectivity index (χ1v) is 7.34. The van der Waals surface area contributed by atoms with Crippen LogP contribution in [0.3, 0.4) is 0 Å². The van der Waals surface area contributed by atoms with Crippen LogP contribution in [0.25, 0.3) is 0 Å². The van der Waals surface area contributed by atoms with Crippen molar-refractivity contribution in [3.05, 3.63) is 0 Å². The summed E-state index contributed by atoms with van der Waals surface area (Å²) in [5, 5.41) is 3.41. The topological polar surface area (TPSA) is 41.6 Å². The molecule has 0 bridgehead atoms. The third-order valence-corrected chi connectivity index (χ3v) is 4.15. The smallest absolute Gasteiger partial charge is 0.227 e. The van der Waals surface area contributed by atoms with E-state index in [2.05, 4.69) is 19.2 Å². The van der Waals surface area contributed by atoms with Crippen LogP contribution in [0.1, 0.15) is 39.5 Å². The molecule has 4 heteroatoms. The zero-order valence-corrected chi connectivity index (χ0v) is 11.7. The second kappa shape index (κ2) is 6.53. The number of piperidine rings is 1. The van der Waals surface area contributed by atoms with Crippen molar-refractivity contribution in [1.29, 1.82) is 0 Å². The summed E-state index contributed by atoms with van der Waals surface area (Å²) in [4.78, 5) is 14.4. The van der Waals surface area contributed by atoms with Gasteiger partial charge in [0.15, 0.2) is 0 Å². The Labute approximate surface area is 110 Å². The summed E-state index contributed by atoms with van der Waals surface area (Å²) in [6, 6.07) is 0.558. The molecular weight excluding hydrogens is 228 g/mol. The summed E-state index contributed by atoms with van der Waals surface area (Å²) in [6.07, 6.45) is 4.63. The minimum Gasteiger partial charge on any atom is -0.376 e. The molecule has 0 aromatic rings. The fraction of sp³-hybridized carbons (Fsp3) is 0.929. The molecule has 2 rings (SSSR count). The lowest BCUT2D eigenvalue weighted by Crippen LogP contribution is -2.47. The molecular formula is C14H26N2O2. The van der Waals surface area contributed by atoms with Crippen LogP contribution in [0.5, 0.6) is 0 Å². The maximum absolute atomic E-state index is 12.5. The Morgan fingerprint density at radius 2 is 2.22 bits per heavy atom. The van der Waals surface area contributed by atoms with Crippen molar-refractivity contribution in [2.45, 2.75) is 51.7 Å². The van der Waals surface area contributed by atoms with Crippen LogP contribution in [0.15, 0.2) is 0 Å². The van der Waals surface area contributed by atoms with E-state index in [1.165, 1.54) is 0 Å². The van der Waals surface area contributed by atoms with Crippen LogP contribution in [-0.2, 0) is 9.53 Å². The van der Waals surface area contributed by atoms with Crippen molar-refractivity contribution in [3.8, 4) is 0 Å². The molecule has 0 saturated carbocycles. The number of rotatable bonds is 4. The number of hydrogen-bond donors (Lipinski definition) is 1. The van der Waals surface area contributed by atoms with Crippen molar-refractivity contribution in [2.24, 2.45) is 5.92 Å². The van der Waals surface area contributed by atoms with Crippen molar-refractivity contribution in [1.82, 2.24) is 10.2 Å². The molecule has 2 aliphatic rings. The van der Waals surface area contributed by atoms with Crippen molar-refractivity contribution < 1.29 is 9.53 Å². The highest BCUT2D eigenvalue weighted by atomic mass is 16.5. The lowest BCUT2D eigenvalue weighted by Gasteiger charge is -2.32. The number of carbonyl (C=O) groups excluding carboxylic acids is 1. The first kappa shape index (κ1) is 13.8. The van der Waals surface area contributed by atoms with Gasteiger partial charge < -0.3 is 15.0 Å². The van der Waals surface area contributed by atoms with Gasteiger partial charge in [-0.2, -0.15) is 0 Å². The predicted octanol–water partition coefficient (Wildman–Crippen LogP) is 1.40. The highest BCUT2D eigenvalue weighted by Gasteiger charge is 2.29. The van der Waals surface area contributed by atoms with E-state index in [0.29, 0.717) is 11.9 Å². The van der Waals surface area contributed by atoms with Gasteiger partial charge in [-0.05, 0) is 39.5 Å². The maximum Gasteiger partial charge on any atom is 0.227 e. The van der Waals surface area contributed by atoms with Crippen molar-refractivity contribution >= 4 is 5.91 Å². The Hall–Kier alpha value is -0.610. The Bertz CT molecular complexity index is 269. The molecule has 18 heavy (non-hydrogen) atoms. The summed E-state index contributed by atoms with van der Waals surface area (Å²) < 4.78 is 5.63. The fourth-order valence-electron chi connectivity index (χ4n) is 2.88. The fourth-order valence-corrected chi connectivity index (χ4v) is 2.88. The summed E-state index contributed by atoms with van der Waals surface area (Å²) >= 11 is 0. The van der Waals surface area contributed by atoms with Gasteiger partial charge in [-0.25, -0.2) is 0 Å². The van der Waals surface area contributed by atoms with E-state index >= 15 is 0 Å². The van der Waals surface area contributed by atoms with Gasteiger partial charge in [-0.3, -0.25) is 4.79 Å². The quantitative estimate of drug-likeness (QED) is 0.824. The molecule has 2 heterocycles. The third-order valence-electron chi connectivity index (χ3n) is 4.15. The van der Waals surface area contributed by atoms with Crippen molar-refractivity contribution in [2.75, 3.05) is 26.2 Å². The number of likely N-dealkylation sites (N-methyl/N-ethyl adjacent to an activating group) is 1. The van der Waals surface area contributed by atoms with E-state index in [1.54, 1.807) is 0 Å². The van der Waals surface area contributed by atoms with Gasteiger partial charge in [-0.15, -0.1) is 0 Å². The van der Waals surface area contributed by atoms with E-state index in [0.717, 1.165) is 51.9 Å². The average molecular weight is 254 g/mol. The Kier molecular flexibility index (Phi) is 5.01. The lowest BCUT2D eigenvalue weighted by atomic mass is 9.94. The van der Waals surface area contributed by atoms with Gasteiger partial charge in [0.2, 0.25) is 5.91 Å². The minimum atomic E-state index is 0.169. The molecule has 0 aliphatic carbocycles. The lowest BCUT2D eigenvalue weighted by molar-refractivity contribution is -0.137. The first-order valence-electron chi connectivity index (χ1n) is 7.34. The summed E-state index contributed by atoms with van der Waals surface area (Å²) in [5.74, 6) is 0.481. The molecule has 104 valence electrons. The Morgan fingerprint density at radius 3 is 2.78 bits per heavy atom. The van der Waals surface area contributed by atoms with E-state index in [4.69, 9.17) is 4.74 Å². The SMILES string of the molecule is CCN(CC1CCCO1)C(=O)C1CCC(C)NC1. The highest BCUT2D eigenvalue weighted by molar-refractivity contribution is 5.79. The second-order valence-corrected chi connectivity index (χ2v) is 5.60. The zero-order valence-electron chi connectivity index (χ0n) is 11.7. The predicted molar refractivity (Wildman–Crippen MR) is 71.4 cm³/mol. The van der Waals surface area contributed by atoms with Gasteiger partial charge in [-0.1, -0.05) is 0 Å². The molecule has 1 N–H and O–H groups in total. The van der Waals surface area contributed by atoms with Crippen LogP contribution in [0.4, 0.5) is 0 Å². The normalized spacial score (nSPS) is 32.4. The molecule has 0 aromatic heterocycles. The van der Waals surface area contributed by atoms with Crippen LogP contribution in [0.2, 0.25) is 0 Å². The molecule has 4 nitrogen and oxygen atoms in total. The second-order valence-electron chi connectivity index (χ2n) is 5.60. The molecule has 0 aromatic carbocycles. The molecule has 0 radical (unpaired) electrons. The molecule has 1 amide bonds. The number of nitrogens with zero attached hydrogens (tertiary/aromatic N) is 1. The van der Waals surface area contributed by atoms with E-state index in [9.17, 15) is 4.79 Å². The molecule has 2 fully saturated rings. The van der Waals surface area contributed by atoms with Gasteiger partial charge in [0.25, 0.3) is 0 Å². The molecule has 2 saturated heterocycles. The molecule has 3 atom stereocenters. The van der Waals surface area contributed by atoms with E-state index < -0.39 is 0 Å². The molecule has 0 spiro atoms. The number of nitrogens with one attached hydrogen (secondary N) is 1. The van der Waals surface area contributed by atoms with Crippen LogP contribution >= 0.6 is 0 Å². The van der Waals surface area contributed by atoms with Gasteiger partial charge in [0.1, 0.15) is 0 Å². The average Bonchev–Trinajstić information content (AvgIpc) is 2.89. The van der Waals surface area contributed by atoms with Crippen LogP contribution < -0.4 is 5.32 Å². The van der Waals surface area contributed by atoms with Gasteiger partial charge in [0.05, 0.1) is 12.0 Å². The zero-order chi connectivity index (χ0) is 13.0. The van der Waals surface area contributed by atoms with Crippen molar-refractivity contribution in [3.63, 3.8) is 0 Å². The first-order chi connectivity index (χ1) is 8.70. The van der Waals surface area contributed by atoms with Gasteiger partial charge in [0, 0.05) is 32.3 Å². The summed E-state index contributed by atoms with van der Waals surface area (Å²) in [7, 11) is 0. The van der Waals surface area contributed by atoms with E-state index in [-0.39, 0.29) is 12.0 Å². The Balaban J connectivity index is 1.84. The van der Waals surface area contributed by atoms with Crippen LogP contribution in [-0.4, -0.2) is 49.2 Å². The monoisotopic (exact) mass is 254 g/mol. The summed E-state index contributed by atoms with van der Waals surface area (Å²) in [5.41, 5.74) is 0. The highest BCUT2D eigenvalue weighted by Crippen LogP contribution is 2.19. The third kappa shape index (κ3) is 3.45.